The lowest BCUT2D eigenvalue weighted by Gasteiger charge is -2.31. The number of nitrogens with zero attached hydrogens (tertiary/aromatic N) is 1. The minimum Gasteiger partial charge on any atom is -0.508 e. The highest BCUT2D eigenvalue weighted by molar-refractivity contribution is 9.10. The van der Waals surface area contributed by atoms with Crippen LogP contribution in [0.4, 0.5) is 5.82 Å². The van der Waals surface area contributed by atoms with Crippen molar-refractivity contribution in [3.05, 3.63) is 85.8 Å². The molecule has 1 aliphatic heterocycles. The number of benzene rings is 2. The van der Waals surface area contributed by atoms with Gasteiger partial charge in [0.15, 0.2) is 5.78 Å². The van der Waals surface area contributed by atoms with Gasteiger partial charge in [0.2, 0.25) is 0 Å². The molecule has 29 heavy (non-hydrogen) atoms. The number of nitrogens with one attached hydrogen (secondary N) is 2. The number of aromatic nitrogens is 2. The highest BCUT2D eigenvalue weighted by Gasteiger charge is 2.39. The fourth-order valence-electron chi connectivity index (χ4n) is 4.26. The van der Waals surface area contributed by atoms with Gasteiger partial charge >= 0.3 is 0 Å². The number of halogens is 1. The maximum atomic E-state index is 13.4. The van der Waals surface area contributed by atoms with E-state index in [2.05, 4.69) is 26.3 Å². The number of phenols is 1. The van der Waals surface area contributed by atoms with Gasteiger partial charge in [0.05, 0.1) is 17.2 Å². The van der Waals surface area contributed by atoms with Gasteiger partial charge in [0.25, 0.3) is 5.56 Å². The minimum absolute atomic E-state index is 0.0145. The van der Waals surface area contributed by atoms with Crippen molar-refractivity contribution in [3.63, 3.8) is 0 Å². The number of rotatable bonds is 2. The highest BCUT2D eigenvalue weighted by atomic mass is 79.9. The Kier molecular flexibility index (Phi) is 4.20. The fourth-order valence-corrected chi connectivity index (χ4v) is 4.64. The van der Waals surface area contributed by atoms with Crippen LogP contribution < -0.4 is 10.9 Å². The Balaban J connectivity index is 1.79. The van der Waals surface area contributed by atoms with Crippen molar-refractivity contribution in [3.8, 4) is 11.4 Å². The highest BCUT2D eigenvalue weighted by Crippen LogP contribution is 2.46. The quantitative estimate of drug-likeness (QED) is 0.544. The zero-order valence-corrected chi connectivity index (χ0v) is 17.0. The van der Waals surface area contributed by atoms with E-state index in [4.69, 9.17) is 0 Å². The van der Waals surface area contributed by atoms with Crippen molar-refractivity contribution >= 4 is 27.5 Å². The predicted octanol–water partition coefficient (Wildman–Crippen LogP) is 4.20. The first-order chi connectivity index (χ1) is 14.0. The number of anilines is 1. The molecule has 0 bridgehead atoms. The number of allylic oxidation sites excluding steroid dienone is 2. The summed E-state index contributed by atoms with van der Waals surface area (Å²) in [5.41, 5.74) is 2.84. The van der Waals surface area contributed by atoms with Crippen molar-refractivity contribution in [2.75, 3.05) is 5.32 Å². The van der Waals surface area contributed by atoms with Crippen molar-refractivity contribution in [2.45, 2.75) is 25.2 Å². The summed E-state index contributed by atoms with van der Waals surface area (Å²) in [6.07, 6.45) is 1.93. The first-order valence-corrected chi connectivity index (χ1v) is 10.3. The molecule has 3 N–H and O–H groups in total. The largest absolute Gasteiger partial charge is 0.508 e. The number of ketones is 1. The number of H-pyrrole nitrogens is 1. The van der Waals surface area contributed by atoms with Crippen LogP contribution in [0.15, 0.2) is 69.1 Å². The number of para-hydroxylation sites is 1. The lowest BCUT2D eigenvalue weighted by Crippen LogP contribution is -2.30. The van der Waals surface area contributed by atoms with E-state index in [1.54, 1.807) is 18.2 Å². The third-order valence-electron chi connectivity index (χ3n) is 5.55. The molecule has 6 nitrogen and oxygen atoms in total. The summed E-state index contributed by atoms with van der Waals surface area (Å²) in [4.78, 5) is 26.3. The van der Waals surface area contributed by atoms with Crippen LogP contribution in [0, 0.1) is 0 Å². The first-order valence-electron chi connectivity index (χ1n) is 9.46. The Morgan fingerprint density at radius 1 is 1.07 bits per heavy atom. The number of hydrogen-bond acceptors (Lipinski definition) is 4. The second kappa shape index (κ2) is 6.77. The molecular weight excluding hydrogens is 434 g/mol. The number of phenolic OH excluding ortho intramolecular Hbond substituents is 1. The van der Waals surface area contributed by atoms with E-state index < -0.39 is 5.92 Å². The van der Waals surface area contributed by atoms with Crippen molar-refractivity contribution in [1.82, 2.24) is 9.78 Å². The second-order valence-electron chi connectivity index (χ2n) is 7.31. The van der Waals surface area contributed by atoms with E-state index >= 15 is 0 Å². The first kappa shape index (κ1) is 18.0. The van der Waals surface area contributed by atoms with Gasteiger partial charge in [-0.1, -0.05) is 34.1 Å². The molecule has 0 saturated heterocycles. The molecular formula is C22H18BrN3O3. The average molecular weight is 452 g/mol. The van der Waals surface area contributed by atoms with Crippen LogP contribution in [0.2, 0.25) is 0 Å². The maximum Gasteiger partial charge on any atom is 0.277 e. The van der Waals surface area contributed by atoms with Gasteiger partial charge in [-0.15, -0.1) is 0 Å². The summed E-state index contributed by atoms with van der Waals surface area (Å²) in [5, 5.41) is 17.0. The van der Waals surface area contributed by atoms with Crippen molar-refractivity contribution in [2.24, 2.45) is 0 Å². The molecule has 2 heterocycles. The molecule has 0 radical (unpaired) electrons. The van der Waals surface area contributed by atoms with Crippen LogP contribution >= 0.6 is 15.9 Å². The molecule has 0 amide bonds. The lowest BCUT2D eigenvalue weighted by atomic mass is 9.76. The number of carbonyl (C=O) groups excluding carboxylic acids is 1. The molecule has 146 valence electrons. The Hall–Kier alpha value is -3.06. The smallest absolute Gasteiger partial charge is 0.277 e. The molecule has 0 spiro atoms. The summed E-state index contributed by atoms with van der Waals surface area (Å²) < 4.78 is 2.25. The molecule has 1 aromatic heterocycles. The standard InChI is InChI=1S/C22H18BrN3O3/c23-12-9-10-16(27)14(11-12)18-19-15(7-4-8-17(19)28)24-21-20(18)22(29)26(25-21)13-5-2-1-3-6-13/h1-3,5-6,9-11,18,24-25,27H,4,7-8H2. The maximum absolute atomic E-state index is 13.4. The van der Waals surface area contributed by atoms with Crippen molar-refractivity contribution in [1.29, 1.82) is 0 Å². The minimum atomic E-state index is -0.625. The van der Waals surface area contributed by atoms with Crippen molar-refractivity contribution < 1.29 is 9.90 Å². The molecule has 3 aromatic rings. The molecule has 2 aliphatic rings. The Morgan fingerprint density at radius 2 is 1.86 bits per heavy atom. The number of carbonyl (C=O) groups is 1. The third-order valence-corrected chi connectivity index (χ3v) is 6.04. The van der Waals surface area contributed by atoms with Gasteiger partial charge in [-0.25, -0.2) is 4.68 Å². The van der Waals surface area contributed by atoms with Gasteiger partial charge in [-0.3, -0.25) is 14.7 Å². The number of aromatic hydroxyl groups is 1. The zero-order valence-electron chi connectivity index (χ0n) is 15.4. The number of aromatic amines is 1. The van der Waals surface area contributed by atoms with Gasteiger partial charge in [-0.05, 0) is 43.2 Å². The summed E-state index contributed by atoms with van der Waals surface area (Å²) in [6, 6.07) is 14.4. The zero-order chi connectivity index (χ0) is 20.1. The Bertz CT molecular complexity index is 1220. The molecule has 2 aromatic carbocycles. The van der Waals surface area contributed by atoms with Crippen LogP contribution in [-0.2, 0) is 4.79 Å². The molecule has 0 saturated carbocycles. The van der Waals surface area contributed by atoms with E-state index in [9.17, 15) is 14.7 Å². The monoisotopic (exact) mass is 451 g/mol. The summed E-state index contributed by atoms with van der Waals surface area (Å²) in [7, 11) is 0. The molecule has 7 heteroatoms. The van der Waals surface area contributed by atoms with E-state index in [1.807, 2.05) is 30.3 Å². The van der Waals surface area contributed by atoms with Crippen LogP contribution in [0.25, 0.3) is 5.69 Å². The molecule has 1 unspecified atom stereocenters. The molecule has 1 atom stereocenters. The Labute approximate surface area is 175 Å². The van der Waals surface area contributed by atoms with Crippen LogP contribution in [0.5, 0.6) is 5.75 Å². The van der Waals surface area contributed by atoms with Gasteiger partial charge in [0.1, 0.15) is 11.6 Å². The van der Waals surface area contributed by atoms with Gasteiger partial charge in [-0.2, -0.15) is 0 Å². The van der Waals surface area contributed by atoms with Crippen LogP contribution in [0.3, 0.4) is 0 Å². The molecule has 1 aliphatic carbocycles. The average Bonchev–Trinajstić information content (AvgIpc) is 3.05. The SMILES string of the molecule is O=C1CCCC2=C1C(c1cc(Br)ccc1O)c1c([nH]n(-c3ccccc3)c1=O)N2. The van der Waals surface area contributed by atoms with Gasteiger partial charge in [0, 0.05) is 27.7 Å². The summed E-state index contributed by atoms with van der Waals surface area (Å²) >= 11 is 3.45. The second-order valence-corrected chi connectivity index (χ2v) is 8.22. The Morgan fingerprint density at radius 3 is 2.66 bits per heavy atom. The summed E-state index contributed by atoms with van der Waals surface area (Å²) in [6.45, 7) is 0. The van der Waals surface area contributed by atoms with E-state index in [1.165, 1.54) is 4.68 Å². The van der Waals surface area contributed by atoms with Crippen LogP contribution in [0.1, 0.15) is 36.3 Å². The van der Waals surface area contributed by atoms with E-state index in [0.29, 0.717) is 34.6 Å². The van der Waals surface area contributed by atoms with E-state index in [0.717, 1.165) is 23.0 Å². The van der Waals surface area contributed by atoms with E-state index in [-0.39, 0.29) is 17.1 Å². The van der Waals surface area contributed by atoms with Crippen LogP contribution in [-0.4, -0.2) is 20.7 Å². The predicted molar refractivity (Wildman–Crippen MR) is 114 cm³/mol. The topological polar surface area (TPSA) is 87.1 Å². The third kappa shape index (κ3) is 2.84. The molecule has 0 fully saturated rings. The number of hydrogen-bond donors (Lipinski definition) is 3. The lowest BCUT2D eigenvalue weighted by molar-refractivity contribution is -0.116. The number of Topliss-reactive ketones (excluding diaryl/α,β-unsaturated/α-hetero) is 1. The number of fused-ring (bicyclic) bond motifs is 1. The molecule has 5 rings (SSSR count). The normalized spacial score (nSPS) is 18.2. The summed E-state index contributed by atoms with van der Waals surface area (Å²) in [5.74, 6) is 0.0145. The van der Waals surface area contributed by atoms with Gasteiger partial charge < -0.3 is 10.4 Å². The fraction of sp³-hybridized carbons (Fsp3) is 0.182.